The van der Waals surface area contributed by atoms with Crippen molar-refractivity contribution in [3.63, 3.8) is 0 Å². The van der Waals surface area contributed by atoms with Crippen molar-refractivity contribution in [2.45, 2.75) is 24.4 Å². The zero-order valence-corrected chi connectivity index (χ0v) is 15.6. The lowest BCUT2D eigenvalue weighted by Gasteiger charge is -2.19. The summed E-state index contributed by atoms with van der Waals surface area (Å²) in [5, 5.41) is 16.3. The van der Waals surface area contributed by atoms with Gasteiger partial charge in [-0.2, -0.15) is 9.61 Å². The van der Waals surface area contributed by atoms with Crippen LogP contribution < -0.4 is 10.1 Å². The first kappa shape index (κ1) is 17.4. The molecule has 0 spiro atoms. The molecule has 2 fully saturated rings. The van der Waals surface area contributed by atoms with Crippen LogP contribution in [0.2, 0.25) is 0 Å². The van der Waals surface area contributed by atoms with Crippen molar-refractivity contribution in [2.24, 2.45) is 0 Å². The molecular formula is C19H21N5O4. The van der Waals surface area contributed by atoms with Crippen molar-refractivity contribution in [3.8, 4) is 17.0 Å². The predicted octanol–water partition coefficient (Wildman–Crippen LogP) is 1.39. The van der Waals surface area contributed by atoms with Crippen LogP contribution in [0.3, 0.4) is 0 Å². The third-order valence-corrected chi connectivity index (χ3v) is 5.31. The molecule has 2 aliphatic rings. The average Bonchev–Trinajstić information content (AvgIpc) is 3.45. The third-order valence-electron chi connectivity index (χ3n) is 5.31. The molecule has 1 N–H and O–H groups in total. The Morgan fingerprint density at radius 1 is 1.11 bits per heavy atom. The summed E-state index contributed by atoms with van der Waals surface area (Å²) in [7, 11) is 3.33. The smallest absolute Gasteiger partial charge is 0.200 e. The fourth-order valence-corrected chi connectivity index (χ4v) is 3.83. The van der Waals surface area contributed by atoms with E-state index < -0.39 is 0 Å². The van der Waals surface area contributed by atoms with Crippen LogP contribution in [0.1, 0.15) is 0 Å². The van der Waals surface area contributed by atoms with E-state index in [4.69, 9.17) is 18.9 Å². The second kappa shape index (κ2) is 7.01. The Balaban J connectivity index is 1.46. The summed E-state index contributed by atoms with van der Waals surface area (Å²) < 4.78 is 24.2. The molecule has 146 valence electrons. The molecule has 4 heterocycles. The van der Waals surface area contributed by atoms with Crippen LogP contribution in [0, 0.1) is 0 Å². The molecule has 28 heavy (non-hydrogen) atoms. The van der Waals surface area contributed by atoms with Gasteiger partial charge in [-0.3, -0.25) is 0 Å². The number of nitrogens with zero attached hydrogens (tertiary/aromatic N) is 4. The minimum absolute atomic E-state index is 0.00299. The van der Waals surface area contributed by atoms with Crippen LogP contribution in [0.4, 0.5) is 5.69 Å². The minimum atomic E-state index is -0.0643. The Hall–Kier alpha value is -2.75. The van der Waals surface area contributed by atoms with Gasteiger partial charge in [-0.15, -0.1) is 10.2 Å². The summed E-state index contributed by atoms with van der Waals surface area (Å²) >= 11 is 0. The van der Waals surface area contributed by atoms with E-state index in [0.717, 1.165) is 22.7 Å². The van der Waals surface area contributed by atoms with Gasteiger partial charge in [0.25, 0.3) is 0 Å². The monoisotopic (exact) mass is 383 g/mol. The number of methoxy groups -OCH3 is 2. The van der Waals surface area contributed by atoms with Gasteiger partial charge in [-0.05, 0) is 30.3 Å². The van der Waals surface area contributed by atoms with Gasteiger partial charge in [0.05, 0.1) is 37.7 Å². The summed E-state index contributed by atoms with van der Waals surface area (Å²) in [5.74, 6) is 0.799. The second-order valence-corrected chi connectivity index (χ2v) is 6.89. The van der Waals surface area contributed by atoms with E-state index in [1.165, 1.54) is 0 Å². The number of hydrogen-bond donors (Lipinski definition) is 1. The Labute approximate surface area is 161 Å². The average molecular weight is 383 g/mol. The summed E-state index contributed by atoms with van der Waals surface area (Å²) in [6.45, 7) is 1.08. The van der Waals surface area contributed by atoms with Crippen LogP contribution in [0.15, 0.2) is 36.7 Å². The highest BCUT2D eigenvalue weighted by Crippen LogP contribution is 2.32. The van der Waals surface area contributed by atoms with Gasteiger partial charge in [0.15, 0.2) is 0 Å². The molecule has 3 aromatic rings. The van der Waals surface area contributed by atoms with Gasteiger partial charge >= 0.3 is 0 Å². The van der Waals surface area contributed by atoms with Crippen LogP contribution in [-0.4, -0.2) is 71.6 Å². The quantitative estimate of drug-likeness (QED) is 0.707. The molecule has 0 radical (unpaired) electrons. The first-order valence-corrected chi connectivity index (χ1v) is 9.15. The van der Waals surface area contributed by atoms with E-state index in [2.05, 4.69) is 20.6 Å². The lowest BCUT2D eigenvalue weighted by molar-refractivity contribution is -0.00757. The van der Waals surface area contributed by atoms with Crippen molar-refractivity contribution >= 4 is 11.3 Å². The van der Waals surface area contributed by atoms with Gasteiger partial charge < -0.3 is 24.3 Å². The van der Waals surface area contributed by atoms with Gasteiger partial charge in [0, 0.05) is 12.7 Å². The Morgan fingerprint density at radius 3 is 2.71 bits per heavy atom. The molecule has 0 unspecified atom stereocenters. The summed E-state index contributed by atoms with van der Waals surface area (Å²) in [4.78, 5) is 0. The van der Waals surface area contributed by atoms with Crippen molar-refractivity contribution in [1.29, 1.82) is 0 Å². The molecule has 0 aliphatic carbocycles. The highest BCUT2D eigenvalue weighted by molar-refractivity contribution is 5.73. The van der Waals surface area contributed by atoms with E-state index >= 15 is 0 Å². The van der Waals surface area contributed by atoms with E-state index in [-0.39, 0.29) is 24.4 Å². The van der Waals surface area contributed by atoms with E-state index in [1.807, 2.05) is 30.3 Å². The number of nitrogens with one attached hydrogen (secondary N) is 1. The molecule has 0 bridgehead atoms. The number of fused-ring (bicyclic) bond motifs is 2. The van der Waals surface area contributed by atoms with Crippen molar-refractivity contribution in [1.82, 2.24) is 19.8 Å². The molecular weight excluding hydrogens is 362 g/mol. The van der Waals surface area contributed by atoms with Crippen molar-refractivity contribution < 1.29 is 18.9 Å². The Bertz CT molecular complexity index is 976. The number of benzene rings is 1. The van der Waals surface area contributed by atoms with Crippen LogP contribution in [-0.2, 0) is 14.2 Å². The maximum absolute atomic E-state index is 5.91. The van der Waals surface area contributed by atoms with Gasteiger partial charge in [0.1, 0.15) is 30.4 Å². The van der Waals surface area contributed by atoms with Crippen LogP contribution >= 0.6 is 0 Å². The number of rotatable bonds is 5. The highest BCUT2D eigenvalue weighted by atomic mass is 16.6. The molecule has 0 amide bonds. The molecule has 4 atom stereocenters. The lowest BCUT2D eigenvalue weighted by Crippen LogP contribution is -2.36. The Kier molecular flexibility index (Phi) is 4.34. The summed E-state index contributed by atoms with van der Waals surface area (Å²) in [6.07, 6.45) is 1.44. The fraction of sp³-hybridized carbons (Fsp3) is 0.421. The largest absolute Gasteiger partial charge is 0.497 e. The maximum atomic E-state index is 5.91. The maximum Gasteiger partial charge on any atom is 0.200 e. The highest BCUT2D eigenvalue weighted by Gasteiger charge is 2.48. The summed E-state index contributed by atoms with van der Waals surface area (Å²) in [5.41, 5.74) is 3.26. The summed E-state index contributed by atoms with van der Waals surface area (Å²) in [6, 6.07) is 9.73. The van der Waals surface area contributed by atoms with E-state index in [0.29, 0.717) is 18.9 Å². The molecule has 2 aliphatic heterocycles. The van der Waals surface area contributed by atoms with Crippen molar-refractivity contribution in [2.75, 3.05) is 32.8 Å². The lowest BCUT2D eigenvalue weighted by atomic mass is 10.1. The van der Waals surface area contributed by atoms with Crippen molar-refractivity contribution in [3.05, 3.63) is 36.7 Å². The topological polar surface area (TPSA) is 92.0 Å². The zero-order valence-electron chi connectivity index (χ0n) is 15.6. The standard InChI is InChI=1S/C19H21N5O4/c1-25-12-5-3-11(4-6-12)13-7-14(19-22-20-10-24(19)23-13)21-15-8-27-18-16(26-2)9-28-17(15)18/h3-7,10,15-18,21H,8-9H2,1-2H3/t15-,16-,17-,18-/m1/s1. The molecule has 1 aromatic carbocycles. The molecule has 2 saturated heterocycles. The third kappa shape index (κ3) is 2.88. The van der Waals surface area contributed by atoms with Crippen LogP contribution in [0.5, 0.6) is 5.75 Å². The molecule has 5 rings (SSSR count). The number of ether oxygens (including phenoxy) is 4. The van der Waals surface area contributed by atoms with Crippen LogP contribution in [0.25, 0.3) is 16.9 Å². The van der Waals surface area contributed by atoms with Gasteiger partial charge in [-0.25, -0.2) is 0 Å². The van der Waals surface area contributed by atoms with Gasteiger partial charge in [0.2, 0.25) is 5.65 Å². The molecule has 0 saturated carbocycles. The normalized spacial score (nSPS) is 26.5. The molecule has 9 heteroatoms. The number of hydrogen-bond acceptors (Lipinski definition) is 8. The predicted molar refractivity (Wildman–Crippen MR) is 100 cm³/mol. The second-order valence-electron chi connectivity index (χ2n) is 6.89. The zero-order chi connectivity index (χ0) is 19.1. The first-order valence-electron chi connectivity index (χ1n) is 9.15. The van der Waals surface area contributed by atoms with E-state index in [1.54, 1.807) is 25.1 Å². The van der Waals surface area contributed by atoms with Gasteiger partial charge in [-0.1, -0.05) is 0 Å². The molecule has 9 nitrogen and oxygen atoms in total. The Morgan fingerprint density at radius 2 is 1.93 bits per heavy atom. The minimum Gasteiger partial charge on any atom is -0.497 e. The SMILES string of the molecule is COc1ccc(-c2cc(N[C@@H]3CO[C@H]4[C@@H]3OC[C@H]4OC)c3nncn3n2)cc1. The number of aromatic nitrogens is 4. The fourth-order valence-electron chi connectivity index (χ4n) is 3.83. The van der Waals surface area contributed by atoms with E-state index in [9.17, 15) is 0 Å². The molecule has 2 aromatic heterocycles. The first-order chi connectivity index (χ1) is 13.8. The number of anilines is 1.